The summed E-state index contributed by atoms with van der Waals surface area (Å²) in [6.45, 7) is 0. The number of aromatic nitrogens is 3. The molecule has 1 heterocycles. The monoisotopic (exact) mass is 310 g/mol. The third-order valence-corrected chi connectivity index (χ3v) is 3.96. The predicted octanol–water partition coefficient (Wildman–Crippen LogP) is 3.24. The predicted molar refractivity (Wildman–Crippen MR) is 87.5 cm³/mol. The van der Waals surface area contributed by atoms with Crippen molar-refractivity contribution in [2.75, 3.05) is 11.6 Å². The average molecular weight is 310 g/mol. The largest absolute Gasteiger partial charge is 0.322 e. The van der Waals surface area contributed by atoms with Crippen LogP contribution in [0.2, 0.25) is 0 Å². The van der Waals surface area contributed by atoms with Crippen LogP contribution in [-0.2, 0) is 0 Å². The summed E-state index contributed by atoms with van der Waals surface area (Å²) in [5, 5.41) is 6.97. The summed E-state index contributed by atoms with van der Waals surface area (Å²) < 4.78 is 1.66. The van der Waals surface area contributed by atoms with Crippen LogP contribution in [0.25, 0.3) is 5.69 Å². The summed E-state index contributed by atoms with van der Waals surface area (Å²) in [7, 11) is 0. The molecule has 0 saturated carbocycles. The van der Waals surface area contributed by atoms with Crippen LogP contribution in [0.3, 0.4) is 0 Å². The van der Waals surface area contributed by atoms with Gasteiger partial charge in [0.2, 0.25) is 0 Å². The van der Waals surface area contributed by atoms with Gasteiger partial charge in [-0.1, -0.05) is 12.1 Å². The van der Waals surface area contributed by atoms with Gasteiger partial charge in [0.1, 0.15) is 12.7 Å². The van der Waals surface area contributed by atoms with E-state index in [0.29, 0.717) is 5.56 Å². The maximum Gasteiger partial charge on any atom is 0.256 e. The number of rotatable bonds is 4. The molecule has 0 atom stereocenters. The summed E-state index contributed by atoms with van der Waals surface area (Å²) in [5.74, 6) is -0.113. The van der Waals surface area contributed by atoms with Crippen molar-refractivity contribution in [1.29, 1.82) is 0 Å². The molecule has 22 heavy (non-hydrogen) atoms. The zero-order chi connectivity index (χ0) is 15.4. The quantitative estimate of drug-likeness (QED) is 0.752. The van der Waals surface area contributed by atoms with Crippen molar-refractivity contribution in [3.8, 4) is 5.69 Å². The summed E-state index contributed by atoms with van der Waals surface area (Å²) in [4.78, 5) is 17.2. The Hall–Kier alpha value is -2.60. The first kappa shape index (κ1) is 14.3. The fourth-order valence-electron chi connectivity index (χ4n) is 2.07. The molecule has 0 fully saturated rings. The Morgan fingerprint density at radius 3 is 2.59 bits per heavy atom. The third kappa shape index (κ3) is 3.01. The molecule has 0 saturated heterocycles. The van der Waals surface area contributed by atoms with E-state index < -0.39 is 0 Å². The fourth-order valence-corrected chi connectivity index (χ4v) is 2.67. The number of nitrogens with one attached hydrogen (secondary N) is 1. The van der Waals surface area contributed by atoms with Gasteiger partial charge in [0.05, 0.1) is 11.3 Å². The first-order valence-corrected chi connectivity index (χ1v) is 7.90. The highest BCUT2D eigenvalue weighted by atomic mass is 32.2. The molecule has 0 aliphatic rings. The molecule has 110 valence electrons. The van der Waals surface area contributed by atoms with Crippen molar-refractivity contribution in [2.24, 2.45) is 0 Å². The Balaban J connectivity index is 1.77. The minimum absolute atomic E-state index is 0.113. The molecule has 0 aliphatic heterocycles. The van der Waals surface area contributed by atoms with Crippen LogP contribution in [0.15, 0.2) is 66.1 Å². The van der Waals surface area contributed by atoms with Crippen molar-refractivity contribution in [1.82, 2.24) is 14.8 Å². The van der Waals surface area contributed by atoms with Gasteiger partial charge >= 0.3 is 0 Å². The van der Waals surface area contributed by atoms with E-state index in [-0.39, 0.29) is 5.91 Å². The number of carbonyl (C=O) groups is 1. The molecule has 3 rings (SSSR count). The molecular weight excluding hydrogens is 296 g/mol. The summed E-state index contributed by atoms with van der Waals surface area (Å²) in [6, 6.07) is 15.0. The molecule has 6 heteroatoms. The lowest BCUT2D eigenvalue weighted by atomic mass is 10.2. The Labute approximate surface area is 132 Å². The van der Waals surface area contributed by atoms with E-state index in [9.17, 15) is 4.79 Å². The first-order chi connectivity index (χ1) is 10.8. The van der Waals surface area contributed by atoms with Gasteiger partial charge in [-0.2, -0.15) is 5.10 Å². The van der Waals surface area contributed by atoms with E-state index in [4.69, 9.17) is 0 Å². The minimum atomic E-state index is -0.113. The molecular formula is C16H14N4OS. The molecule has 2 aromatic carbocycles. The number of amides is 1. The number of benzene rings is 2. The molecule has 1 N–H and O–H groups in total. The minimum Gasteiger partial charge on any atom is -0.322 e. The van der Waals surface area contributed by atoms with Gasteiger partial charge in [-0.25, -0.2) is 9.67 Å². The second-order valence-electron chi connectivity index (χ2n) is 4.54. The summed E-state index contributed by atoms with van der Waals surface area (Å²) in [6.07, 6.45) is 5.07. The van der Waals surface area contributed by atoms with Gasteiger partial charge in [0, 0.05) is 10.6 Å². The van der Waals surface area contributed by atoms with Gasteiger partial charge < -0.3 is 5.32 Å². The molecule has 0 radical (unpaired) electrons. The number of carbonyl (C=O) groups excluding carboxylic acids is 1. The van der Waals surface area contributed by atoms with Crippen LogP contribution < -0.4 is 5.32 Å². The Kier molecular flexibility index (Phi) is 4.20. The highest BCUT2D eigenvalue weighted by Gasteiger charge is 2.10. The topological polar surface area (TPSA) is 59.8 Å². The standard InChI is InChI=1S/C16H14N4OS/c1-22-15-5-3-2-4-14(15)16(21)19-12-6-8-13(9-7-12)20-11-17-10-18-20/h2-11H,1H3,(H,19,21). The number of thioether (sulfide) groups is 1. The van der Waals surface area contributed by atoms with Crippen molar-refractivity contribution >= 4 is 23.4 Å². The molecule has 3 aromatic rings. The molecule has 0 unspecified atom stereocenters. The lowest BCUT2D eigenvalue weighted by Crippen LogP contribution is -2.12. The molecule has 1 aromatic heterocycles. The van der Waals surface area contributed by atoms with E-state index in [1.54, 1.807) is 22.8 Å². The van der Waals surface area contributed by atoms with E-state index in [2.05, 4.69) is 15.4 Å². The molecule has 1 amide bonds. The summed E-state index contributed by atoms with van der Waals surface area (Å²) in [5.41, 5.74) is 2.31. The van der Waals surface area contributed by atoms with E-state index in [1.165, 1.54) is 6.33 Å². The zero-order valence-corrected chi connectivity index (χ0v) is 12.7. The van der Waals surface area contributed by atoms with E-state index in [1.807, 2.05) is 54.8 Å². The van der Waals surface area contributed by atoms with Crippen LogP contribution >= 0.6 is 11.8 Å². The van der Waals surface area contributed by atoms with Crippen LogP contribution in [0.5, 0.6) is 0 Å². The molecule has 5 nitrogen and oxygen atoms in total. The van der Waals surface area contributed by atoms with E-state index >= 15 is 0 Å². The fraction of sp³-hybridized carbons (Fsp3) is 0.0625. The van der Waals surface area contributed by atoms with E-state index in [0.717, 1.165) is 16.3 Å². The molecule has 0 spiro atoms. The van der Waals surface area contributed by atoms with Crippen LogP contribution in [0.4, 0.5) is 5.69 Å². The van der Waals surface area contributed by atoms with Gasteiger partial charge in [0.15, 0.2) is 0 Å². The number of nitrogens with zero attached hydrogens (tertiary/aromatic N) is 3. The average Bonchev–Trinajstić information content (AvgIpc) is 3.10. The normalized spacial score (nSPS) is 10.4. The Morgan fingerprint density at radius 1 is 1.14 bits per heavy atom. The second-order valence-corrected chi connectivity index (χ2v) is 5.39. The van der Waals surface area contributed by atoms with Crippen LogP contribution in [0, 0.1) is 0 Å². The number of hydrogen-bond donors (Lipinski definition) is 1. The molecule has 0 bridgehead atoms. The van der Waals surface area contributed by atoms with Crippen molar-refractivity contribution < 1.29 is 4.79 Å². The maximum absolute atomic E-state index is 12.4. The van der Waals surface area contributed by atoms with Crippen molar-refractivity contribution in [3.63, 3.8) is 0 Å². The third-order valence-electron chi connectivity index (χ3n) is 3.16. The lowest BCUT2D eigenvalue weighted by Gasteiger charge is -2.09. The Bertz CT molecular complexity index is 769. The maximum atomic E-state index is 12.4. The highest BCUT2D eigenvalue weighted by Crippen LogP contribution is 2.21. The van der Waals surface area contributed by atoms with Crippen molar-refractivity contribution in [2.45, 2.75) is 4.90 Å². The first-order valence-electron chi connectivity index (χ1n) is 6.67. The second kappa shape index (κ2) is 6.44. The smallest absolute Gasteiger partial charge is 0.256 e. The molecule has 0 aliphatic carbocycles. The van der Waals surface area contributed by atoms with Crippen molar-refractivity contribution in [3.05, 3.63) is 66.7 Å². The SMILES string of the molecule is CSc1ccccc1C(=O)Nc1ccc(-n2cncn2)cc1. The zero-order valence-electron chi connectivity index (χ0n) is 11.9. The van der Waals surface area contributed by atoms with Crippen LogP contribution in [-0.4, -0.2) is 26.9 Å². The Morgan fingerprint density at radius 2 is 1.91 bits per heavy atom. The highest BCUT2D eigenvalue weighted by molar-refractivity contribution is 7.98. The van der Waals surface area contributed by atoms with Gasteiger partial charge in [0.25, 0.3) is 5.91 Å². The lowest BCUT2D eigenvalue weighted by molar-refractivity contribution is 0.102. The van der Waals surface area contributed by atoms with Gasteiger partial charge in [-0.05, 0) is 42.7 Å². The number of hydrogen-bond acceptors (Lipinski definition) is 4. The number of anilines is 1. The van der Waals surface area contributed by atoms with Gasteiger partial charge in [-0.15, -0.1) is 11.8 Å². The van der Waals surface area contributed by atoms with Crippen LogP contribution in [0.1, 0.15) is 10.4 Å². The summed E-state index contributed by atoms with van der Waals surface area (Å²) >= 11 is 1.56. The van der Waals surface area contributed by atoms with Gasteiger partial charge in [-0.3, -0.25) is 4.79 Å².